The van der Waals surface area contributed by atoms with E-state index >= 15 is 0 Å². The fraction of sp³-hybridized carbons (Fsp3) is 0.320. The lowest BCUT2D eigenvalue weighted by molar-refractivity contribution is -0.136. The van der Waals surface area contributed by atoms with E-state index in [2.05, 4.69) is 25.1 Å². The molecule has 1 fully saturated rings. The summed E-state index contributed by atoms with van der Waals surface area (Å²) >= 11 is 0. The SMILES string of the molecule is Nc1nc2c(cnn2CCN2CCN(c3ccc(CCC(=O)O)cc3F)CC2)c2nc(-c3ccco3)nn12. The van der Waals surface area contributed by atoms with Crippen molar-refractivity contribution >= 4 is 34.3 Å². The van der Waals surface area contributed by atoms with E-state index in [9.17, 15) is 9.18 Å². The van der Waals surface area contributed by atoms with Crippen molar-refractivity contribution in [1.29, 1.82) is 0 Å². The Bertz CT molecular complexity index is 1600. The largest absolute Gasteiger partial charge is 0.481 e. The minimum atomic E-state index is -0.890. The number of halogens is 1. The van der Waals surface area contributed by atoms with E-state index in [0.29, 0.717) is 60.2 Å². The quantitative estimate of drug-likeness (QED) is 0.313. The third-order valence-corrected chi connectivity index (χ3v) is 6.82. The van der Waals surface area contributed by atoms with Gasteiger partial charge in [-0.15, -0.1) is 5.10 Å². The molecule has 196 valence electrons. The molecule has 5 aromatic rings. The summed E-state index contributed by atoms with van der Waals surface area (Å²) in [6, 6.07) is 8.55. The summed E-state index contributed by atoms with van der Waals surface area (Å²) < 4.78 is 23.4. The van der Waals surface area contributed by atoms with Gasteiger partial charge in [0.2, 0.25) is 11.8 Å². The molecule has 4 aromatic heterocycles. The predicted molar refractivity (Wildman–Crippen MR) is 137 cm³/mol. The zero-order valence-electron chi connectivity index (χ0n) is 20.5. The normalized spacial score (nSPS) is 14.6. The second-order valence-corrected chi connectivity index (χ2v) is 9.23. The third kappa shape index (κ3) is 4.52. The highest BCUT2D eigenvalue weighted by atomic mass is 19.1. The summed E-state index contributed by atoms with van der Waals surface area (Å²) in [5.74, 6) is -0.0269. The Morgan fingerprint density at radius 1 is 1.11 bits per heavy atom. The minimum absolute atomic E-state index is 0.0129. The molecule has 1 aliphatic rings. The number of fused-ring (bicyclic) bond motifs is 3. The number of piperazine rings is 1. The van der Waals surface area contributed by atoms with Crippen LogP contribution in [0.2, 0.25) is 0 Å². The zero-order chi connectivity index (χ0) is 26.2. The topological polar surface area (TPSA) is 144 Å². The monoisotopic (exact) mass is 519 g/mol. The Morgan fingerprint density at radius 2 is 1.95 bits per heavy atom. The molecule has 0 saturated carbocycles. The molecule has 0 bridgehead atoms. The van der Waals surface area contributed by atoms with E-state index in [-0.39, 0.29) is 18.2 Å². The maximum Gasteiger partial charge on any atom is 0.303 e. The highest BCUT2D eigenvalue weighted by Gasteiger charge is 2.21. The minimum Gasteiger partial charge on any atom is -0.481 e. The van der Waals surface area contributed by atoms with E-state index in [1.54, 1.807) is 36.7 Å². The van der Waals surface area contributed by atoms with E-state index in [4.69, 9.17) is 15.3 Å². The molecule has 5 heterocycles. The molecule has 3 N–H and O–H groups in total. The standard InChI is InChI=1S/C25H26FN9O3/c26-18-14-16(4-6-21(36)37)3-5-19(18)33-10-7-32(8-11-33)9-12-34-23-17(15-28-34)24-29-22(20-2-1-13-38-20)31-35(24)25(27)30-23/h1-3,5,13-15H,4,6-12H2,(H2,27,30)(H,36,37). The van der Waals surface area contributed by atoms with E-state index < -0.39 is 5.97 Å². The zero-order valence-corrected chi connectivity index (χ0v) is 20.5. The number of aryl methyl sites for hydroxylation is 1. The average Bonchev–Trinajstić information content (AvgIpc) is 3.66. The van der Waals surface area contributed by atoms with Gasteiger partial charge in [-0.3, -0.25) is 9.69 Å². The van der Waals surface area contributed by atoms with Gasteiger partial charge in [0.05, 0.1) is 30.1 Å². The first-order valence-corrected chi connectivity index (χ1v) is 12.4. The number of nitrogens with zero attached hydrogens (tertiary/aromatic N) is 8. The highest BCUT2D eigenvalue weighted by Crippen LogP contribution is 2.25. The van der Waals surface area contributed by atoms with Gasteiger partial charge in [0.1, 0.15) is 5.82 Å². The summed E-state index contributed by atoms with van der Waals surface area (Å²) in [7, 11) is 0. The van der Waals surface area contributed by atoms with Gasteiger partial charge in [-0.2, -0.15) is 14.6 Å². The summed E-state index contributed by atoms with van der Waals surface area (Å²) in [5.41, 5.74) is 8.62. The number of rotatable bonds is 8. The number of carboxylic acids is 1. The fourth-order valence-corrected chi connectivity index (χ4v) is 4.79. The van der Waals surface area contributed by atoms with Crippen LogP contribution >= 0.6 is 0 Å². The van der Waals surface area contributed by atoms with Crippen LogP contribution in [0.25, 0.3) is 28.3 Å². The van der Waals surface area contributed by atoms with Crippen molar-refractivity contribution in [2.24, 2.45) is 0 Å². The Kier molecular flexibility index (Phi) is 6.12. The number of carboxylic acid groups (broad SMARTS) is 1. The van der Waals surface area contributed by atoms with E-state index in [1.165, 1.54) is 10.6 Å². The first-order chi connectivity index (χ1) is 18.5. The van der Waals surface area contributed by atoms with Crippen LogP contribution in [0.1, 0.15) is 12.0 Å². The van der Waals surface area contributed by atoms with Crippen LogP contribution in [-0.2, 0) is 17.8 Å². The van der Waals surface area contributed by atoms with Gasteiger partial charge in [0.25, 0.3) is 0 Å². The van der Waals surface area contributed by atoms with Gasteiger partial charge >= 0.3 is 5.97 Å². The molecule has 0 unspecified atom stereocenters. The summed E-state index contributed by atoms with van der Waals surface area (Å²) in [6.07, 6.45) is 3.59. The van der Waals surface area contributed by atoms with Crippen molar-refractivity contribution in [1.82, 2.24) is 34.3 Å². The van der Waals surface area contributed by atoms with Gasteiger partial charge in [-0.05, 0) is 36.2 Å². The molecule has 1 aromatic carbocycles. The summed E-state index contributed by atoms with van der Waals surface area (Å²) in [4.78, 5) is 24.2. The van der Waals surface area contributed by atoms with Crippen molar-refractivity contribution in [3.8, 4) is 11.6 Å². The number of hydrogen-bond donors (Lipinski definition) is 2. The second-order valence-electron chi connectivity index (χ2n) is 9.23. The van der Waals surface area contributed by atoms with Gasteiger partial charge in [-0.25, -0.2) is 14.1 Å². The van der Waals surface area contributed by atoms with Crippen LogP contribution in [0.15, 0.2) is 47.2 Å². The fourth-order valence-electron chi connectivity index (χ4n) is 4.79. The number of benzene rings is 1. The number of aromatic nitrogens is 6. The Morgan fingerprint density at radius 3 is 2.68 bits per heavy atom. The molecule has 6 rings (SSSR count). The molecule has 0 spiro atoms. The first-order valence-electron chi connectivity index (χ1n) is 12.4. The van der Waals surface area contributed by atoms with Crippen LogP contribution < -0.4 is 10.6 Å². The van der Waals surface area contributed by atoms with Crippen molar-refractivity contribution in [2.75, 3.05) is 43.4 Å². The molecular formula is C25H26FN9O3. The second kappa shape index (κ2) is 9.74. The molecule has 1 saturated heterocycles. The van der Waals surface area contributed by atoms with Gasteiger partial charge < -0.3 is 20.2 Å². The number of nitrogens with two attached hydrogens (primary N) is 1. The van der Waals surface area contributed by atoms with Crippen molar-refractivity contribution in [3.63, 3.8) is 0 Å². The van der Waals surface area contributed by atoms with Crippen LogP contribution in [0.3, 0.4) is 0 Å². The van der Waals surface area contributed by atoms with Crippen molar-refractivity contribution in [3.05, 3.63) is 54.2 Å². The summed E-state index contributed by atoms with van der Waals surface area (Å²) in [5, 5.41) is 18.5. The number of nitrogen functional groups attached to an aromatic ring is 1. The van der Waals surface area contributed by atoms with Gasteiger partial charge in [0, 0.05) is 39.1 Å². The average molecular weight is 520 g/mol. The van der Waals surface area contributed by atoms with Crippen LogP contribution in [0.5, 0.6) is 0 Å². The summed E-state index contributed by atoms with van der Waals surface area (Å²) in [6.45, 7) is 4.28. The first kappa shape index (κ1) is 23.9. The molecule has 0 amide bonds. The molecule has 0 aliphatic carbocycles. The number of hydrogen-bond acceptors (Lipinski definition) is 9. The molecular weight excluding hydrogens is 493 g/mol. The van der Waals surface area contributed by atoms with Crippen LogP contribution in [-0.4, -0.2) is 78.1 Å². The molecule has 12 nitrogen and oxygen atoms in total. The molecule has 1 aliphatic heterocycles. The van der Waals surface area contributed by atoms with E-state index in [1.807, 2.05) is 9.58 Å². The Hall–Kier alpha value is -4.52. The van der Waals surface area contributed by atoms with Crippen molar-refractivity contribution in [2.45, 2.75) is 19.4 Å². The number of carbonyl (C=O) groups is 1. The maximum absolute atomic E-state index is 14.7. The maximum atomic E-state index is 14.7. The predicted octanol–water partition coefficient (Wildman–Crippen LogP) is 2.29. The van der Waals surface area contributed by atoms with Crippen LogP contribution in [0.4, 0.5) is 16.0 Å². The van der Waals surface area contributed by atoms with Crippen LogP contribution in [0, 0.1) is 5.82 Å². The van der Waals surface area contributed by atoms with Gasteiger partial charge in [0.15, 0.2) is 17.1 Å². The Balaban J connectivity index is 1.10. The highest BCUT2D eigenvalue weighted by molar-refractivity contribution is 5.90. The number of furan rings is 1. The van der Waals surface area contributed by atoms with Crippen molar-refractivity contribution < 1.29 is 18.7 Å². The van der Waals surface area contributed by atoms with Gasteiger partial charge in [-0.1, -0.05) is 6.07 Å². The lowest BCUT2D eigenvalue weighted by Gasteiger charge is -2.36. The lowest BCUT2D eigenvalue weighted by atomic mass is 10.1. The molecule has 13 heteroatoms. The molecule has 0 radical (unpaired) electrons. The third-order valence-electron chi connectivity index (χ3n) is 6.82. The molecule has 38 heavy (non-hydrogen) atoms. The Labute approximate surface area is 216 Å². The number of aliphatic carboxylic acids is 1. The smallest absolute Gasteiger partial charge is 0.303 e. The molecule has 0 atom stereocenters. The number of anilines is 2. The lowest BCUT2D eigenvalue weighted by Crippen LogP contribution is -2.47. The van der Waals surface area contributed by atoms with E-state index in [0.717, 1.165) is 25.0 Å².